The normalized spacial score (nSPS) is 12.5. The highest BCUT2D eigenvalue weighted by molar-refractivity contribution is 7.99. The molecule has 0 radical (unpaired) electrons. The Morgan fingerprint density at radius 3 is 2.37 bits per heavy atom. The lowest BCUT2D eigenvalue weighted by Gasteiger charge is -2.08. The molecule has 5 heteroatoms. The predicted molar refractivity (Wildman–Crippen MR) is 77.2 cm³/mol. The molecule has 0 bridgehead atoms. The van der Waals surface area contributed by atoms with Crippen molar-refractivity contribution in [2.24, 2.45) is 5.73 Å². The molecule has 2 N–H and O–H groups in total. The van der Waals surface area contributed by atoms with Gasteiger partial charge in [-0.25, -0.2) is 15.0 Å². The maximum Gasteiger partial charge on any atom is 0.194 e. The van der Waals surface area contributed by atoms with Crippen LogP contribution in [0.15, 0.2) is 28.5 Å². The molecule has 0 aliphatic heterocycles. The largest absolute Gasteiger partial charge is 0.324 e. The van der Waals surface area contributed by atoms with Crippen molar-refractivity contribution in [3.63, 3.8) is 0 Å². The van der Waals surface area contributed by atoms with Crippen molar-refractivity contribution in [1.29, 1.82) is 0 Å². The number of aromatic nitrogens is 3. The molecule has 0 aliphatic rings. The van der Waals surface area contributed by atoms with Crippen LogP contribution in [-0.4, -0.2) is 15.0 Å². The van der Waals surface area contributed by atoms with Gasteiger partial charge in [-0.05, 0) is 62.7 Å². The van der Waals surface area contributed by atoms with E-state index in [1.54, 1.807) is 6.20 Å². The van der Waals surface area contributed by atoms with Crippen molar-refractivity contribution < 1.29 is 0 Å². The third-order valence-corrected chi connectivity index (χ3v) is 3.89. The molecule has 0 saturated carbocycles. The second kappa shape index (κ2) is 5.67. The van der Waals surface area contributed by atoms with Crippen LogP contribution in [0.2, 0.25) is 0 Å². The molecule has 2 aromatic heterocycles. The Labute approximate surface area is 117 Å². The number of pyridine rings is 1. The fourth-order valence-electron chi connectivity index (χ4n) is 1.64. The maximum atomic E-state index is 5.88. The van der Waals surface area contributed by atoms with Crippen LogP contribution < -0.4 is 5.73 Å². The molecule has 2 rings (SSSR count). The van der Waals surface area contributed by atoms with Crippen LogP contribution in [0.5, 0.6) is 0 Å². The summed E-state index contributed by atoms with van der Waals surface area (Å²) in [6, 6.07) is 3.93. The standard InChI is InChI=1S/C14H18N4S/c1-8-10(3)17-14(18-11(8)4)19-13-7-12(9(2)15)5-6-16-13/h5-7,9H,15H2,1-4H3/t9-/m0/s1. The molecule has 0 spiro atoms. The highest BCUT2D eigenvalue weighted by Crippen LogP contribution is 2.25. The van der Waals surface area contributed by atoms with E-state index in [-0.39, 0.29) is 6.04 Å². The molecule has 19 heavy (non-hydrogen) atoms. The highest BCUT2D eigenvalue weighted by Gasteiger charge is 2.08. The Bertz CT molecular complexity index is 573. The van der Waals surface area contributed by atoms with Crippen molar-refractivity contribution in [3.8, 4) is 0 Å². The third-order valence-electron chi connectivity index (χ3n) is 3.09. The third kappa shape index (κ3) is 3.30. The van der Waals surface area contributed by atoms with Gasteiger partial charge in [-0.15, -0.1) is 0 Å². The zero-order valence-electron chi connectivity index (χ0n) is 11.6. The van der Waals surface area contributed by atoms with Gasteiger partial charge in [-0.3, -0.25) is 0 Å². The van der Waals surface area contributed by atoms with Gasteiger partial charge in [0, 0.05) is 23.6 Å². The van der Waals surface area contributed by atoms with E-state index in [0.717, 1.165) is 32.7 Å². The lowest BCUT2D eigenvalue weighted by Crippen LogP contribution is -2.05. The van der Waals surface area contributed by atoms with E-state index in [4.69, 9.17) is 5.73 Å². The summed E-state index contributed by atoms with van der Waals surface area (Å²) in [5, 5.41) is 1.60. The van der Waals surface area contributed by atoms with Crippen molar-refractivity contribution in [2.75, 3.05) is 0 Å². The molecule has 0 saturated heterocycles. The van der Waals surface area contributed by atoms with Crippen LogP contribution in [0, 0.1) is 20.8 Å². The minimum atomic E-state index is 0.00441. The van der Waals surface area contributed by atoms with Crippen LogP contribution in [0.4, 0.5) is 0 Å². The fourth-order valence-corrected chi connectivity index (χ4v) is 2.51. The Kier molecular flexibility index (Phi) is 4.17. The fraction of sp³-hybridized carbons (Fsp3) is 0.357. The Morgan fingerprint density at radius 1 is 1.16 bits per heavy atom. The topological polar surface area (TPSA) is 64.7 Å². The average molecular weight is 274 g/mol. The molecule has 1 atom stereocenters. The van der Waals surface area contributed by atoms with Crippen LogP contribution >= 0.6 is 11.8 Å². The van der Waals surface area contributed by atoms with Crippen molar-refractivity contribution in [3.05, 3.63) is 40.8 Å². The van der Waals surface area contributed by atoms with E-state index in [9.17, 15) is 0 Å². The first-order valence-corrected chi connectivity index (χ1v) is 7.00. The summed E-state index contributed by atoms with van der Waals surface area (Å²) in [5.74, 6) is 0. The molecule has 0 unspecified atom stereocenters. The van der Waals surface area contributed by atoms with Gasteiger partial charge >= 0.3 is 0 Å². The quantitative estimate of drug-likeness (QED) is 0.872. The van der Waals surface area contributed by atoms with Gasteiger partial charge < -0.3 is 5.73 Å². The first-order chi connectivity index (χ1) is 8.97. The number of rotatable bonds is 3. The van der Waals surface area contributed by atoms with E-state index < -0.39 is 0 Å². The molecule has 0 amide bonds. The van der Waals surface area contributed by atoms with Crippen LogP contribution in [-0.2, 0) is 0 Å². The monoisotopic (exact) mass is 274 g/mol. The molecular weight excluding hydrogens is 256 g/mol. The SMILES string of the molecule is Cc1nc(Sc2cc([C@H](C)N)ccn2)nc(C)c1C. The Balaban J connectivity index is 2.28. The van der Waals surface area contributed by atoms with Gasteiger partial charge in [0.1, 0.15) is 5.03 Å². The molecule has 100 valence electrons. The Morgan fingerprint density at radius 2 is 1.79 bits per heavy atom. The predicted octanol–water partition coefficient (Wildman–Crippen LogP) is 2.97. The molecule has 2 heterocycles. The van der Waals surface area contributed by atoms with E-state index in [1.807, 2.05) is 39.8 Å². The molecule has 4 nitrogen and oxygen atoms in total. The smallest absolute Gasteiger partial charge is 0.194 e. The van der Waals surface area contributed by atoms with Crippen molar-refractivity contribution >= 4 is 11.8 Å². The summed E-state index contributed by atoms with van der Waals surface area (Å²) in [7, 11) is 0. The highest BCUT2D eigenvalue weighted by atomic mass is 32.2. The van der Waals surface area contributed by atoms with Gasteiger partial charge in [0.25, 0.3) is 0 Å². The molecule has 0 aliphatic carbocycles. The number of hydrogen-bond acceptors (Lipinski definition) is 5. The molecule has 0 fully saturated rings. The summed E-state index contributed by atoms with van der Waals surface area (Å²) in [4.78, 5) is 13.3. The van der Waals surface area contributed by atoms with Crippen LogP contribution in [0.3, 0.4) is 0 Å². The number of hydrogen-bond donors (Lipinski definition) is 1. The lowest BCUT2D eigenvalue weighted by atomic mass is 10.1. The summed E-state index contributed by atoms with van der Waals surface area (Å²) in [6.07, 6.45) is 1.77. The van der Waals surface area contributed by atoms with E-state index >= 15 is 0 Å². The minimum absolute atomic E-state index is 0.00441. The van der Waals surface area contributed by atoms with E-state index in [2.05, 4.69) is 15.0 Å². The molecular formula is C14H18N4S. The summed E-state index contributed by atoms with van der Waals surface area (Å²) in [6.45, 7) is 7.99. The van der Waals surface area contributed by atoms with Gasteiger partial charge in [0.05, 0.1) is 0 Å². The van der Waals surface area contributed by atoms with Gasteiger partial charge in [-0.1, -0.05) is 0 Å². The number of aryl methyl sites for hydroxylation is 2. The summed E-state index contributed by atoms with van der Waals surface area (Å²) < 4.78 is 0. The number of nitrogens with zero attached hydrogens (tertiary/aromatic N) is 3. The first kappa shape index (κ1) is 14.0. The van der Waals surface area contributed by atoms with Crippen molar-refractivity contribution in [2.45, 2.75) is 43.9 Å². The van der Waals surface area contributed by atoms with Crippen molar-refractivity contribution in [1.82, 2.24) is 15.0 Å². The van der Waals surface area contributed by atoms with Gasteiger partial charge in [-0.2, -0.15) is 0 Å². The minimum Gasteiger partial charge on any atom is -0.324 e. The zero-order valence-corrected chi connectivity index (χ0v) is 12.5. The molecule has 2 aromatic rings. The summed E-state index contributed by atoms with van der Waals surface area (Å²) >= 11 is 1.47. The lowest BCUT2D eigenvalue weighted by molar-refractivity contribution is 0.807. The van der Waals surface area contributed by atoms with E-state index in [1.165, 1.54) is 11.8 Å². The first-order valence-electron chi connectivity index (χ1n) is 6.18. The maximum absolute atomic E-state index is 5.88. The van der Waals surface area contributed by atoms with Crippen LogP contribution in [0.1, 0.15) is 35.5 Å². The van der Waals surface area contributed by atoms with E-state index in [0.29, 0.717) is 0 Å². The molecule has 0 aromatic carbocycles. The van der Waals surface area contributed by atoms with Crippen LogP contribution in [0.25, 0.3) is 0 Å². The van der Waals surface area contributed by atoms with Gasteiger partial charge in [0.2, 0.25) is 0 Å². The number of nitrogens with two attached hydrogens (primary N) is 1. The average Bonchev–Trinajstić information content (AvgIpc) is 2.36. The Hall–Kier alpha value is -1.46. The second-order valence-corrected chi connectivity index (χ2v) is 5.61. The summed E-state index contributed by atoms with van der Waals surface area (Å²) in [5.41, 5.74) is 10.1. The van der Waals surface area contributed by atoms with Gasteiger partial charge in [0.15, 0.2) is 5.16 Å². The second-order valence-electron chi connectivity index (χ2n) is 4.62. The zero-order chi connectivity index (χ0) is 14.0.